The number of aromatic nitrogens is 7. The highest BCUT2D eigenvalue weighted by Gasteiger charge is 2.14. The zero-order valence-corrected chi connectivity index (χ0v) is 17.5. The molecule has 0 saturated heterocycles. The number of alkyl halides is 1. The number of hydrogen-bond acceptors (Lipinski definition) is 5. The van der Waals surface area contributed by atoms with Crippen LogP contribution in [0.2, 0.25) is 0 Å². The summed E-state index contributed by atoms with van der Waals surface area (Å²) in [4.78, 5) is 0. The third kappa shape index (κ3) is 3.85. The van der Waals surface area contributed by atoms with Gasteiger partial charge in [-0.3, -0.25) is 5.10 Å². The van der Waals surface area contributed by atoms with Crippen LogP contribution in [-0.4, -0.2) is 35.4 Å². The monoisotopic (exact) mass is 405 g/mol. The van der Waals surface area contributed by atoms with Crippen molar-refractivity contribution in [3.8, 4) is 16.9 Å². The molecule has 1 aromatic carbocycles. The summed E-state index contributed by atoms with van der Waals surface area (Å²) in [5.74, 6) is 0. The summed E-state index contributed by atoms with van der Waals surface area (Å²) in [6.07, 6.45) is 0.440. The summed E-state index contributed by atoms with van der Waals surface area (Å²) in [6.45, 7) is 7.40. The Kier molecular flexibility index (Phi) is 5.39. The van der Waals surface area contributed by atoms with Crippen LogP contribution in [0.15, 0.2) is 36.4 Å². The third-order valence-corrected chi connectivity index (χ3v) is 5.28. The number of aromatic amines is 1. The molecule has 0 radical (unpaired) electrons. The zero-order valence-electron chi connectivity index (χ0n) is 17.5. The van der Waals surface area contributed by atoms with Crippen molar-refractivity contribution in [1.29, 1.82) is 0 Å². The SMILES string of the molecule is Cc1n[nH]c(C)c1-c1ccc(CCc2c(C)nnn2-c2ccc(C(C)F)cc2)nn1. The lowest BCUT2D eigenvalue weighted by Gasteiger charge is -2.09. The molecular formula is C22H24FN7. The van der Waals surface area contributed by atoms with Crippen molar-refractivity contribution in [3.63, 3.8) is 0 Å². The van der Waals surface area contributed by atoms with Crippen molar-refractivity contribution in [1.82, 2.24) is 35.4 Å². The summed E-state index contributed by atoms with van der Waals surface area (Å²) in [5.41, 5.74) is 7.98. The van der Waals surface area contributed by atoms with Crippen LogP contribution < -0.4 is 0 Å². The van der Waals surface area contributed by atoms with E-state index in [1.54, 1.807) is 12.1 Å². The molecule has 0 amide bonds. The lowest BCUT2D eigenvalue weighted by atomic mass is 10.1. The van der Waals surface area contributed by atoms with Crippen LogP contribution in [0, 0.1) is 20.8 Å². The van der Waals surface area contributed by atoms with Gasteiger partial charge in [0.15, 0.2) is 0 Å². The van der Waals surface area contributed by atoms with Gasteiger partial charge in [0.1, 0.15) is 6.17 Å². The predicted octanol–water partition coefficient (Wildman–Crippen LogP) is 4.19. The molecule has 0 aliphatic carbocycles. The molecule has 30 heavy (non-hydrogen) atoms. The van der Waals surface area contributed by atoms with E-state index in [4.69, 9.17) is 0 Å². The lowest BCUT2D eigenvalue weighted by Crippen LogP contribution is -2.06. The average molecular weight is 405 g/mol. The van der Waals surface area contributed by atoms with Crippen molar-refractivity contribution in [3.05, 3.63) is 70.4 Å². The van der Waals surface area contributed by atoms with Crippen molar-refractivity contribution in [2.45, 2.75) is 46.7 Å². The summed E-state index contributed by atoms with van der Waals surface area (Å²) in [6, 6.07) is 11.3. The number of H-pyrrole nitrogens is 1. The maximum Gasteiger partial charge on any atom is 0.122 e. The van der Waals surface area contributed by atoms with Crippen LogP contribution in [0.5, 0.6) is 0 Å². The van der Waals surface area contributed by atoms with Gasteiger partial charge in [-0.05, 0) is 70.4 Å². The van der Waals surface area contributed by atoms with Crippen molar-refractivity contribution >= 4 is 0 Å². The maximum absolute atomic E-state index is 13.5. The van der Waals surface area contributed by atoms with Crippen LogP contribution in [-0.2, 0) is 12.8 Å². The fraction of sp³-hybridized carbons (Fsp3) is 0.318. The summed E-state index contributed by atoms with van der Waals surface area (Å²) < 4.78 is 15.3. The zero-order chi connectivity index (χ0) is 21.3. The average Bonchev–Trinajstić information content (AvgIpc) is 3.28. The number of nitrogens with zero attached hydrogens (tertiary/aromatic N) is 6. The molecule has 4 aromatic rings. The second kappa shape index (κ2) is 8.14. The molecule has 1 atom stereocenters. The van der Waals surface area contributed by atoms with Crippen LogP contribution in [0.1, 0.15) is 47.1 Å². The molecular weight excluding hydrogens is 381 g/mol. The molecule has 0 aliphatic rings. The first-order valence-corrected chi connectivity index (χ1v) is 9.94. The van der Waals surface area contributed by atoms with E-state index < -0.39 is 6.17 Å². The normalized spacial score (nSPS) is 12.3. The lowest BCUT2D eigenvalue weighted by molar-refractivity contribution is 0.374. The minimum absolute atomic E-state index is 0.649. The van der Waals surface area contributed by atoms with Gasteiger partial charge in [-0.2, -0.15) is 15.3 Å². The van der Waals surface area contributed by atoms with E-state index in [9.17, 15) is 4.39 Å². The van der Waals surface area contributed by atoms with Crippen LogP contribution in [0.3, 0.4) is 0 Å². The summed E-state index contributed by atoms with van der Waals surface area (Å²) in [5, 5.41) is 24.5. The topological polar surface area (TPSA) is 85.2 Å². The second-order valence-electron chi connectivity index (χ2n) is 7.46. The van der Waals surface area contributed by atoms with E-state index in [-0.39, 0.29) is 0 Å². The molecule has 154 valence electrons. The van der Waals surface area contributed by atoms with Gasteiger partial charge in [0.05, 0.1) is 34.2 Å². The minimum atomic E-state index is -0.993. The van der Waals surface area contributed by atoms with Gasteiger partial charge in [-0.15, -0.1) is 5.10 Å². The van der Waals surface area contributed by atoms with E-state index in [0.29, 0.717) is 12.0 Å². The van der Waals surface area contributed by atoms with Gasteiger partial charge in [0, 0.05) is 11.3 Å². The molecule has 1 unspecified atom stereocenters. The highest BCUT2D eigenvalue weighted by atomic mass is 19.1. The molecule has 3 heterocycles. The first kappa shape index (κ1) is 19.9. The number of aryl methyl sites for hydroxylation is 4. The van der Waals surface area contributed by atoms with E-state index in [0.717, 1.165) is 51.8 Å². The highest BCUT2D eigenvalue weighted by Crippen LogP contribution is 2.23. The van der Waals surface area contributed by atoms with Gasteiger partial charge in [-0.1, -0.05) is 17.3 Å². The van der Waals surface area contributed by atoms with E-state index >= 15 is 0 Å². The Morgan fingerprint density at radius 3 is 2.30 bits per heavy atom. The predicted molar refractivity (Wildman–Crippen MR) is 112 cm³/mol. The second-order valence-corrected chi connectivity index (χ2v) is 7.46. The standard InChI is InChI=1S/C22H24FN7/c1-13(23)17-5-9-19(10-6-17)30-21(14(2)26-29-30)12-8-18-7-11-20(28-27-18)22-15(3)24-25-16(22)4/h5-7,9-11,13H,8,12H2,1-4H3,(H,24,25). The number of benzene rings is 1. The Balaban J connectivity index is 1.51. The van der Waals surface area contributed by atoms with Crippen molar-refractivity contribution < 1.29 is 4.39 Å². The number of rotatable bonds is 6. The molecule has 0 fully saturated rings. The van der Waals surface area contributed by atoms with Crippen LogP contribution in [0.25, 0.3) is 16.9 Å². The van der Waals surface area contributed by atoms with Crippen molar-refractivity contribution in [2.24, 2.45) is 0 Å². The van der Waals surface area contributed by atoms with Gasteiger partial charge in [0.25, 0.3) is 0 Å². The Morgan fingerprint density at radius 2 is 1.70 bits per heavy atom. The van der Waals surface area contributed by atoms with E-state index in [2.05, 4.69) is 30.7 Å². The van der Waals surface area contributed by atoms with Gasteiger partial charge in [-0.25, -0.2) is 9.07 Å². The van der Waals surface area contributed by atoms with Gasteiger partial charge in [0.2, 0.25) is 0 Å². The first-order valence-electron chi connectivity index (χ1n) is 9.94. The van der Waals surface area contributed by atoms with Gasteiger partial charge < -0.3 is 0 Å². The van der Waals surface area contributed by atoms with Crippen molar-refractivity contribution in [2.75, 3.05) is 0 Å². The molecule has 3 aromatic heterocycles. The number of hydrogen-bond donors (Lipinski definition) is 1. The summed E-state index contributed by atoms with van der Waals surface area (Å²) >= 11 is 0. The maximum atomic E-state index is 13.5. The molecule has 4 rings (SSSR count). The van der Waals surface area contributed by atoms with Gasteiger partial charge >= 0.3 is 0 Å². The first-order chi connectivity index (χ1) is 14.4. The molecule has 0 aliphatic heterocycles. The smallest absolute Gasteiger partial charge is 0.122 e. The van der Waals surface area contributed by atoms with E-state index in [1.807, 2.05) is 49.7 Å². The molecule has 8 heteroatoms. The third-order valence-electron chi connectivity index (χ3n) is 5.28. The molecule has 0 spiro atoms. The molecule has 1 N–H and O–H groups in total. The molecule has 0 bridgehead atoms. The highest BCUT2D eigenvalue weighted by molar-refractivity contribution is 5.63. The number of nitrogens with one attached hydrogen (secondary N) is 1. The van der Waals surface area contributed by atoms with Crippen LogP contribution >= 0.6 is 0 Å². The Morgan fingerprint density at radius 1 is 0.933 bits per heavy atom. The minimum Gasteiger partial charge on any atom is -0.282 e. The van der Waals surface area contributed by atoms with E-state index in [1.165, 1.54) is 6.92 Å². The fourth-order valence-corrected chi connectivity index (χ4v) is 3.55. The Labute approximate surface area is 174 Å². The molecule has 0 saturated carbocycles. The molecule has 7 nitrogen and oxygen atoms in total. The quantitative estimate of drug-likeness (QED) is 0.520. The largest absolute Gasteiger partial charge is 0.282 e. The fourth-order valence-electron chi connectivity index (χ4n) is 3.55. The Hall–Kier alpha value is -3.42. The Bertz CT molecular complexity index is 1120. The van der Waals surface area contributed by atoms with Crippen LogP contribution in [0.4, 0.5) is 4.39 Å². The number of halogens is 1. The summed E-state index contributed by atoms with van der Waals surface area (Å²) in [7, 11) is 0.